The van der Waals surface area contributed by atoms with Crippen LogP contribution in [-0.4, -0.2) is 24.0 Å². The van der Waals surface area contributed by atoms with E-state index >= 15 is 0 Å². The summed E-state index contributed by atoms with van der Waals surface area (Å²) in [4.78, 5) is 4.39. The van der Waals surface area contributed by atoms with E-state index in [-0.39, 0.29) is 0 Å². The van der Waals surface area contributed by atoms with E-state index in [2.05, 4.69) is 17.2 Å². The minimum atomic E-state index is 0.973. The molecule has 1 heterocycles. The van der Waals surface area contributed by atoms with Crippen molar-refractivity contribution in [2.24, 2.45) is 4.99 Å². The van der Waals surface area contributed by atoms with E-state index in [4.69, 9.17) is 0 Å². The van der Waals surface area contributed by atoms with Gasteiger partial charge in [-0.2, -0.15) is 0 Å². The standard InChI is InChI=1S/C15H30N2S/c1-2-3-4-5-6-7-8-9-10-11-14-18-15-16-12-13-17-15/h2-14H2,1H3,(H,16,17). The Morgan fingerprint density at radius 3 is 2.11 bits per heavy atom. The Morgan fingerprint density at radius 2 is 1.56 bits per heavy atom. The van der Waals surface area contributed by atoms with Crippen molar-refractivity contribution in [3.05, 3.63) is 0 Å². The Hall–Kier alpha value is -0.180. The van der Waals surface area contributed by atoms with Crippen LogP contribution in [0.4, 0.5) is 0 Å². The van der Waals surface area contributed by atoms with Crippen LogP contribution in [0.1, 0.15) is 71.1 Å². The Morgan fingerprint density at radius 1 is 0.944 bits per heavy atom. The van der Waals surface area contributed by atoms with Crippen LogP contribution >= 0.6 is 11.8 Å². The Labute approximate surface area is 117 Å². The molecule has 0 bridgehead atoms. The first-order valence-electron chi connectivity index (χ1n) is 7.84. The number of thioether (sulfide) groups is 1. The van der Waals surface area contributed by atoms with Gasteiger partial charge in [-0.05, 0) is 6.42 Å². The van der Waals surface area contributed by atoms with Gasteiger partial charge in [-0.1, -0.05) is 76.5 Å². The van der Waals surface area contributed by atoms with E-state index in [0.717, 1.165) is 13.1 Å². The molecule has 1 N–H and O–H groups in total. The SMILES string of the molecule is CCCCCCCCCCCCSC1=NCCN1. The van der Waals surface area contributed by atoms with Gasteiger partial charge in [0.1, 0.15) is 0 Å². The van der Waals surface area contributed by atoms with Crippen LogP contribution in [0.25, 0.3) is 0 Å². The van der Waals surface area contributed by atoms with Crippen molar-refractivity contribution in [2.45, 2.75) is 71.1 Å². The highest BCUT2D eigenvalue weighted by molar-refractivity contribution is 8.13. The predicted octanol–water partition coefficient (Wildman–Crippen LogP) is 4.60. The number of hydrogen-bond acceptors (Lipinski definition) is 3. The molecule has 1 aliphatic rings. The molecular formula is C15H30N2S. The van der Waals surface area contributed by atoms with E-state index in [9.17, 15) is 0 Å². The summed E-state index contributed by atoms with van der Waals surface area (Å²) < 4.78 is 0. The van der Waals surface area contributed by atoms with Crippen molar-refractivity contribution in [1.82, 2.24) is 5.32 Å². The molecule has 0 aromatic carbocycles. The monoisotopic (exact) mass is 270 g/mol. The lowest BCUT2D eigenvalue weighted by molar-refractivity contribution is 0.563. The zero-order valence-corrected chi connectivity index (χ0v) is 12.9. The molecule has 0 amide bonds. The van der Waals surface area contributed by atoms with Gasteiger partial charge in [-0.15, -0.1) is 0 Å². The van der Waals surface area contributed by atoms with Crippen LogP contribution in [-0.2, 0) is 0 Å². The molecule has 0 aromatic rings. The van der Waals surface area contributed by atoms with Gasteiger partial charge in [0, 0.05) is 12.3 Å². The predicted molar refractivity (Wildman–Crippen MR) is 84.6 cm³/mol. The van der Waals surface area contributed by atoms with Crippen molar-refractivity contribution < 1.29 is 0 Å². The lowest BCUT2D eigenvalue weighted by Gasteiger charge is -2.03. The van der Waals surface area contributed by atoms with Gasteiger partial charge in [0.2, 0.25) is 0 Å². The number of rotatable bonds is 11. The van der Waals surface area contributed by atoms with Crippen LogP contribution in [0.3, 0.4) is 0 Å². The second kappa shape index (κ2) is 11.9. The molecule has 0 spiro atoms. The molecule has 2 nitrogen and oxygen atoms in total. The summed E-state index contributed by atoms with van der Waals surface area (Å²) in [5, 5.41) is 4.48. The highest BCUT2D eigenvalue weighted by Crippen LogP contribution is 2.13. The number of aliphatic imine (C=N–C) groups is 1. The summed E-state index contributed by atoms with van der Waals surface area (Å²) in [6.07, 6.45) is 14.2. The van der Waals surface area contributed by atoms with E-state index < -0.39 is 0 Å². The third-order valence-electron chi connectivity index (χ3n) is 3.38. The zero-order chi connectivity index (χ0) is 12.9. The maximum atomic E-state index is 4.39. The van der Waals surface area contributed by atoms with Crippen LogP contribution in [0.2, 0.25) is 0 Å². The highest BCUT2D eigenvalue weighted by atomic mass is 32.2. The largest absolute Gasteiger partial charge is 0.363 e. The number of nitrogens with one attached hydrogen (secondary N) is 1. The molecule has 3 heteroatoms. The van der Waals surface area contributed by atoms with E-state index in [1.54, 1.807) is 0 Å². The fraction of sp³-hybridized carbons (Fsp3) is 0.933. The first-order valence-corrected chi connectivity index (χ1v) is 8.83. The molecule has 0 fully saturated rings. The molecule has 106 valence electrons. The summed E-state index contributed by atoms with van der Waals surface area (Å²) in [5.74, 6) is 1.24. The third-order valence-corrected chi connectivity index (χ3v) is 4.42. The second-order valence-electron chi connectivity index (χ2n) is 5.14. The normalized spacial score (nSPS) is 14.6. The molecule has 0 atom stereocenters. The summed E-state index contributed by atoms with van der Waals surface area (Å²) in [6.45, 7) is 4.30. The first-order chi connectivity index (χ1) is 8.93. The van der Waals surface area contributed by atoms with Gasteiger partial charge >= 0.3 is 0 Å². The zero-order valence-electron chi connectivity index (χ0n) is 12.0. The van der Waals surface area contributed by atoms with E-state index in [1.165, 1.54) is 75.1 Å². The quantitative estimate of drug-likeness (QED) is 0.555. The van der Waals surface area contributed by atoms with Gasteiger partial charge in [0.25, 0.3) is 0 Å². The summed E-state index contributed by atoms with van der Waals surface area (Å²) in [6, 6.07) is 0. The molecule has 0 radical (unpaired) electrons. The van der Waals surface area contributed by atoms with Gasteiger partial charge < -0.3 is 5.32 Å². The Kier molecular flexibility index (Phi) is 10.5. The number of amidine groups is 1. The summed E-state index contributed by atoms with van der Waals surface area (Å²) in [5.41, 5.74) is 0. The molecule has 0 aliphatic carbocycles. The maximum Gasteiger partial charge on any atom is 0.156 e. The van der Waals surface area contributed by atoms with Crippen molar-refractivity contribution in [3.63, 3.8) is 0 Å². The highest BCUT2D eigenvalue weighted by Gasteiger charge is 2.04. The maximum absolute atomic E-state index is 4.39. The summed E-state index contributed by atoms with van der Waals surface area (Å²) in [7, 11) is 0. The molecular weight excluding hydrogens is 240 g/mol. The van der Waals surface area contributed by atoms with Crippen LogP contribution < -0.4 is 5.32 Å². The number of unbranched alkanes of at least 4 members (excludes halogenated alkanes) is 9. The number of hydrogen-bond donors (Lipinski definition) is 1. The molecule has 0 saturated carbocycles. The molecule has 0 aromatic heterocycles. The fourth-order valence-electron chi connectivity index (χ4n) is 2.23. The van der Waals surface area contributed by atoms with E-state index in [0.29, 0.717) is 0 Å². The Bertz CT molecular complexity index is 217. The lowest BCUT2D eigenvalue weighted by atomic mass is 10.1. The van der Waals surface area contributed by atoms with E-state index in [1.807, 2.05) is 11.8 Å². The van der Waals surface area contributed by atoms with Crippen LogP contribution in [0.15, 0.2) is 4.99 Å². The minimum Gasteiger partial charge on any atom is -0.363 e. The molecule has 1 rings (SSSR count). The second-order valence-corrected chi connectivity index (χ2v) is 6.23. The first kappa shape index (κ1) is 15.9. The topological polar surface area (TPSA) is 24.4 Å². The smallest absolute Gasteiger partial charge is 0.156 e. The molecule has 1 aliphatic heterocycles. The van der Waals surface area contributed by atoms with Gasteiger partial charge in [-0.25, -0.2) is 0 Å². The minimum absolute atomic E-state index is 0.973. The van der Waals surface area contributed by atoms with Crippen molar-refractivity contribution in [1.29, 1.82) is 0 Å². The number of nitrogens with zero attached hydrogens (tertiary/aromatic N) is 1. The van der Waals surface area contributed by atoms with Crippen LogP contribution in [0.5, 0.6) is 0 Å². The van der Waals surface area contributed by atoms with Crippen molar-refractivity contribution >= 4 is 16.9 Å². The van der Waals surface area contributed by atoms with Gasteiger partial charge in [0.05, 0.1) is 6.54 Å². The van der Waals surface area contributed by atoms with Crippen molar-refractivity contribution in [2.75, 3.05) is 18.8 Å². The molecule has 0 saturated heterocycles. The van der Waals surface area contributed by atoms with Gasteiger partial charge in [-0.3, -0.25) is 4.99 Å². The third kappa shape index (κ3) is 8.84. The average molecular weight is 270 g/mol. The molecule has 18 heavy (non-hydrogen) atoms. The summed E-state index contributed by atoms with van der Waals surface area (Å²) >= 11 is 1.90. The van der Waals surface area contributed by atoms with Gasteiger partial charge in [0.15, 0.2) is 5.17 Å². The average Bonchev–Trinajstić information content (AvgIpc) is 2.89. The lowest BCUT2D eigenvalue weighted by Crippen LogP contribution is -2.15. The fourth-order valence-corrected chi connectivity index (χ4v) is 3.16. The van der Waals surface area contributed by atoms with Crippen LogP contribution in [0, 0.1) is 0 Å². The Balaban J connectivity index is 1.71. The molecule has 0 unspecified atom stereocenters. The van der Waals surface area contributed by atoms with Crippen molar-refractivity contribution in [3.8, 4) is 0 Å².